The standard InChI is InChI=1S/C9H16/c1-4-7-8(2,3)9(7)5-6-9/h7H,4-6H2,1-3H3. The van der Waals surface area contributed by atoms with Crippen LogP contribution in [0.1, 0.15) is 40.0 Å². The Bertz CT molecular complexity index is 136. The van der Waals surface area contributed by atoms with Crippen molar-refractivity contribution in [3.05, 3.63) is 0 Å². The minimum absolute atomic E-state index is 0.724. The second kappa shape index (κ2) is 1.21. The van der Waals surface area contributed by atoms with E-state index in [0.29, 0.717) is 0 Å². The zero-order valence-electron chi connectivity index (χ0n) is 6.70. The quantitative estimate of drug-likeness (QED) is 0.504. The smallest absolute Gasteiger partial charge is 0.0209 e. The molecule has 0 heterocycles. The maximum Gasteiger partial charge on any atom is -0.0209 e. The van der Waals surface area contributed by atoms with Crippen LogP contribution in [-0.2, 0) is 0 Å². The van der Waals surface area contributed by atoms with Gasteiger partial charge in [-0.05, 0) is 29.6 Å². The fourth-order valence-corrected chi connectivity index (χ4v) is 3.09. The summed E-state index contributed by atoms with van der Waals surface area (Å²) >= 11 is 0. The molecule has 1 spiro atoms. The van der Waals surface area contributed by atoms with Crippen molar-refractivity contribution in [1.29, 1.82) is 0 Å². The lowest BCUT2D eigenvalue weighted by Gasteiger charge is -1.97. The lowest BCUT2D eigenvalue weighted by Crippen LogP contribution is -1.88. The summed E-state index contributed by atoms with van der Waals surface area (Å²) in [5, 5.41) is 0. The Hall–Kier alpha value is 0. The highest BCUT2D eigenvalue weighted by atomic mass is 14.8. The van der Waals surface area contributed by atoms with E-state index in [9.17, 15) is 0 Å². The molecule has 0 heteroatoms. The van der Waals surface area contributed by atoms with E-state index in [1.54, 1.807) is 0 Å². The summed E-state index contributed by atoms with van der Waals surface area (Å²) in [5.41, 5.74) is 1.59. The zero-order valence-corrected chi connectivity index (χ0v) is 6.70. The zero-order chi connectivity index (χ0) is 6.70. The molecule has 0 aromatic heterocycles. The summed E-state index contributed by atoms with van der Waals surface area (Å²) in [6.07, 6.45) is 4.46. The monoisotopic (exact) mass is 124 g/mol. The van der Waals surface area contributed by atoms with Crippen molar-refractivity contribution in [2.45, 2.75) is 40.0 Å². The molecule has 9 heavy (non-hydrogen) atoms. The molecular weight excluding hydrogens is 108 g/mol. The Morgan fingerprint density at radius 3 is 2.00 bits per heavy atom. The van der Waals surface area contributed by atoms with Gasteiger partial charge in [0.15, 0.2) is 0 Å². The van der Waals surface area contributed by atoms with Gasteiger partial charge in [-0.1, -0.05) is 27.2 Å². The molecule has 0 saturated heterocycles. The van der Waals surface area contributed by atoms with E-state index >= 15 is 0 Å². The Morgan fingerprint density at radius 1 is 1.33 bits per heavy atom. The lowest BCUT2D eigenvalue weighted by molar-refractivity contribution is 0.527. The molecule has 0 aromatic carbocycles. The van der Waals surface area contributed by atoms with Crippen molar-refractivity contribution in [2.24, 2.45) is 16.7 Å². The van der Waals surface area contributed by atoms with E-state index in [4.69, 9.17) is 0 Å². The topological polar surface area (TPSA) is 0 Å². The average molecular weight is 124 g/mol. The second-order valence-corrected chi connectivity index (χ2v) is 4.34. The van der Waals surface area contributed by atoms with Crippen LogP contribution in [0.4, 0.5) is 0 Å². The fraction of sp³-hybridized carbons (Fsp3) is 1.00. The van der Waals surface area contributed by atoms with Crippen LogP contribution in [0.15, 0.2) is 0 Å². The Balaban J connectivity index is 2.16. The van der Waals surface area contributed by atoms with Crippen molar-refractivity contribution in [1.82, 2.24) is 0 Å². The van der Waals surface area contributed by atoms with Gasteiger partial charge in [0.2, 0.25) is 0 Å². The van der Waals surface area contributed by atoms with Crippen molar-refractivity contribution in [3.63, 3.8) is 0 Å². The Kier molecular flexibility index (Phi) is 0.774. The molecule has 0 N–H and O–H groups in total. The van der Waals surface area contributed by atoms with Gasteiger partial charge < -0.3 is 0 Å². The Labute approximate surface area is 57.6 Å². The highest BCUT2D eigenvalue weighted by molar-refractivity contribution is 5.24. The third kappa shape index (κ3) is 0.426. The average Bonchev–Trinajstić information content (AvgIpc) is 2.54. The molecule has 0 aromatic rings. The van der Waals surface area contributed by atoms with Gasteiger partial charge in [0.05, 0.1) is 0 Å². The molecule has 0 amide bonds. The summed E-state index contributed by atoms with van der Waals surface area (Å²) < 4.78 is 0. The predicted molar refractivity (Wildman–Crippen MR) is 39.2 cm³/mol. The first-order chi connectivity index (χ1) is 4.15. The maximum atomic E-state index is 2.44. The van der Waals surface area contributed by atoms with Crippen molar-refractivity contribution < 1.29 is 0 Å². The van der Waals surface area contributed by atoms with E-state index in [2.05, 4.69) is 20.8 Å². The van der Waals surface area contributed by atoms with Gasteiger partial charge in [-0.2, -0.15) is 0 Å². The molecule has 2 aliphatic rings. The SMILES string of the molecule is CCC1C(C)(C)C12CC2. The van der Waals surface area contributed by atoms with E-state index in [1.807, 2.05) is 0 Å². The molecule has 2 fully saturated rings. The molecule has 52 valence electrons. The molecule has 2 rings (SSSR count). The first-order valence-corrected chi connectivity index (χ1v) is 4.15. The normalized spacial score (nSPS) is 41.0. The van der Waals surface area contributed by atoms with Crippen LogP contribution in [-0.4, -0.2) is 0 Å². The summed E-state index contributed by atoms with van der Waals surface area (Å²) in [5.74, 6) is 1.07. The van der Waals surface area contributed by atoms with Crippen LogP contribution in [0.25, 0.3) is 0 Å². The second-order valence-electron chi connectivity index (χ2n) is 4.34. The number of hydrogen-bond acceptors (Lipinski definition) is 0. The Morgan fingerprint density at radius 2 is 1.89 bits per heavy atom. The summed E-state index contributed by atoms with van der Waals surface area (Å²) in [6, 6.07) is 0. The summed E-state index contributed by atoms with van der Waals surface area (Å²) in [6.45, 7) is 7.21. The molecule has 2 saturated carbocycles. The molecule has 0 aliphatic heterocycles. The van der Waals surface area contributed by atoms with Gasteiger partial charge in [-0.15, -0.1) is 0 Å². The minimum atomic E-state index is 0.724. The molecule has 2 aliphatic carbocycles. The van der Waals surface area contributed by atoms with Gasteiger partial charge >= 0.3 is 0 Å². The molecule has 1 unspecified atom stereocenters. The molecule has 0 bridgehead atoms. The van der Waals surface area contributed by atoms with Crippen LogP contribution >= 0.6 is 0 Å². The van der Waals surface area contributed by atoms with Crippen molar-refractivity contribution in [2.75, 3.05) is 0 Å². The molecule has 0 radical (unpaired) electrons. The van der Waals surface area contributed by atoms with Gasteiger partial charge in [-0.25, -0.2) is 0 Å². The van der Waals surface area contributed by atoms with E-state index in [-0.39, 0.29) is 0 Å². The van der Waals surface area contributed by atoms with Gasteiger partial charge in [0, 0.05) is 0 Å². The maximum absolute atomic E-state index is 2.44. The van der Waals surface area contributed by atoms with Gasteiger partial charge in [0.1, 0.15) is 0 Å². The third-order valence-electron chi connectivity index (χ3n) is 3.94. The van der Waals surface area contributed by atoms with E-state index < -0.39 is 0 Å². The minimum Gasteiger partial charge on any atom is -0.0651 e. The number of rotatable bonds is 1. The first-order valence-electron chi connectivity index (χ1n) is 4.15. The van der Waals surface area contributed by atoms with Crippen molar-refractivity contribution >= 4 is 0 Å². The lowest BCUT2D eigenvalue weighted by atomic mass is 10.1. The number of hydrogen-bond donors (Lipinski definition) is 0. The molecule has 0 nitrogen and oxygen atoms in total. The van der Waals surface area contributed by atoms with Gasteiger partial charge in [0.25, 0.3) is 0 Å². The third-order valence-corrected chi connectivity index (χ3v) is 3.94. The molecular formula is C9H16. The van der Waals surface area contributed by atoms with Crippen LogP contribution in [0.2, 0.25) is 0 Å². The van der Waals surface area contributed by atoms with Crippen LogP contribution in [0, 0.1) is 16.7 Å². The van der Waals surface area contributed by atoms with E-state index in [1.165, 1.54) is 19.3 Å². The van der Waals surface area contributed by atoms with E-state index in [0.717, 1.165) is 16.7 Å². The summed E-state index contributed by atoms with van der Waals surface area (Å²) in [4.78, 5) is 0. The van der Waals surface area contributed by atoms with Crippen LogP contribution in [0.3, 0.4) is 0 Å². The highest BCUT2D eigenvalue weighted by Crippen LogP contribution is 2.83. The largest absolute Gasteiger partial charge is 0.0651 e. The predicted octanol–water partition coefficient (Wildman–Crippen LogP) is 2.83. The van der Waals surface area contributed by atoms with Crippen LogP contribution < -0.4 is 0 Å². The molecule has 1 atom stereocenters. The summed E-state index contributed by atoms with van der Waals surface area (Å²) in [7, 11) is 0. The van der Waals surface area contributed by atoms with Gasteiger partial charge in [-0.3, -0.25) is 0 Å². The highest BCUT2D eigenvalue weighted by Gasteiger charge is 2.75. The van der Waals surface area contributed by atoms with Crippen molar-refractivity contribution in [3.8, 4) is 0 Å². The van der Waals surface area contributed by atoms with Crippen LogP contribution in [0.5, 0.6) is 0 Å². The fourth-order valence-electron chi connectivity index (χ4n) is 3.09. The first kappa shape index (κ1) is 5.76.